The molecule has 0 atom stereocenters. The molecule has 9 heteroatoms. The van der Waals surface area contributed by atoms with E-state index in [9.17, 15) is 13.6 Å². The van der Waals surface area contributed by atoms with Crippen molar-refractivity contribution >= 4 is 11.8 Å². The van der Waals surface area contributed by atoms with Gasteiger partial charge in [-0.2, -0.15) is 0 Å². The number of nitrogens with zero attached hydrogens (tertiary/aromatic N) is 4. The number of hydrogen-bond acceptors (Lipinski definition) is 6. The molecule has 1 aromatic carbocycles. The van der Waals surface area contributed by atoms with E-state index in [1.54, 1.807) is 13.1 Å². The molecule has 37 heavy (non-hydrogen) atoms. The second kappa shape index (κ2) is 11.1. The maximum atomic E-state index is 13.8. The third-order valence-corrected chi connectivity index (χ3v) is 6.94. The topological polar surface area (TPSA) is 67.3 Å². The summed E-state index contributed by atoms with van der Waals surface area (Å²) in [4.78, 5) is 26.4. The van der Waals surface area contributed by atoms with Gasteiger partial charge in [0.1, 0.15) is 17.9 Å². The number of likely N-dealkylation sites (tertiary alicyclic amines) is 2. The van der Waals surface area contributed by atoms with Crippen LogP contribution in [0.15, 0.2) is 41.7 Å². The summed E-state index contributed by atoms with van der Waals surface area (Å²) in [6.07, 6.45) is 4.64. The highest BCUT2D eigenvalue weighted by molar-refractivity contribution is 6.11. The quantitative estimate of drug-likeness (QED) is 0.383. The number of amides is 1. The fourth-order valence-electron chi connectivity index (χ4n) is 5.00. The number of benzene rings is 1. The number of pyridine rings is 1. The van der Waals surface area contributed by atoms with Crippen LogP contribution in [0.1, 0.15) is 63.8 Å². The molecule has 2 aliphatic heterocycles. The molecule has 200 valence electrons. The molecule has 2 fully saturated rings. The van der Waals surface area contributed by atoms with Crippen LogP contribution in [0.4, 0.5) is 13.6 Å². The van der Waals surface area contributed by atoms with E-state index < -0.39 is 17.2 Å². The minimum absolute atomic E-state index is 0.223. The van der Waals surface area contributed by atoms with E-state index in [1.165, 1.54) is 6.07 Å². The van der Waals surface area contributed by atoms with Gasteiger partial charge in [0.05, 0.1) is 5.69 Å². The molecule has 1 spiro atoms. The first-order chi connectivity index (χ1) is 17.6. The zero-order valence-electron chi connectivity index (χ0n) is 22.1. The van der Waals surface area contributed by atoms with Gasteiger partial charge < -0.3 is 14.5 Å². The van der Waals surface area contributed by atoms with Gasteiger partial charge in [-0.15, -0.1) is 0 Å². The number of piperidine rings is 1. The molecule has 0 unspecified atom stereocenters. The minimum Gasteiger partial charge on any atom is -0.444 e. The lowest BCUT2D eigenvalue weighted by Crippen LogP contribution is -2.46. The van der Waals surface area contributed by atoms with Crippen LogP contribution in [0.2, 0.25) is 0 Å². The molecule has 0 bridgehead atoms. The fourth-order valence-corrected chi connectivity index (χ4v) is 5.00. The van der Waals surface area contributed by atoms with Crippen LogP contribution in [0, 0.1) is 17.0 Å². The Morgan fingerprint density at radius 1 is 1.08 bits per heavy atom. The molecular formula is C28H36F2N4O3. The number of rotatable bonds is 6. The predicted molar refractivity (Wildman–Crippen MR) is 137 cm³/mol. The SMILES string of the molecule is CCO/N=C(\c1ccc(F)c(F)c1)c1ccc(CN2CCC3(CCN(C(=O)OC(C)(C)C)CC3)C2)cn1. The van der Waals surface area contributed by atoms with Gasteiger partial charge in [0.25, 0.3) is 0 Å². The summed E-state index contributed by atoms with van der Waals surface area (Å²) in [5.74, 6) is -1.86. The Bertz CT molecular complexity index is 1120. The van der Waals surface area contributed by atoms with Crippen molar-refractivity contribution in [1.29, 1.82) is 0 Å². The van der Waals surface area contributed by atoms with Crippen molar-refractivity contribution in [2.75, 3.05) is 32.8 Å². The van der Waals surface area contributed by atoms with Gasteiger partial charge in [0.2, 0.25) is 0 Å². The average molecular weight is 515 g/mol. The van der Waals surface area contributed by atoms with E-state index in [1.807, 2.05) is 37.8 Å². The van der Waals surface area contributed by atoms with Gasteiger partial charge in [-0.25, -0.2) is 13.6 Å². The normalized spacial score (nSPS) is 18.3. The van der Waals surface area contributed by atoms with Crippen LogP contribution in [-0.2, 0) is 16.1 Å². The Morgan fingerprint density at radius 3 is 2.43 bits per heavy atom. The monoisotopic (exact) mass is 514 g/mol. The standard InChI is InChI=1S/C28H36F2N4O3/c1-5-36-32-25(21-7-8-22(29)23(30)16-21)24-9-6-20(17-31-24)18-33-13-10-28(19-33)11-14-34(15-12-28)26(35)37-27(2,3)4/h6-9,16-17H,5,10-15,18-19H2,1-4H3/b32-25+. The molecule has 0 N–H and O–H groups in total. The van der Waals surface area contributed by atoms with Gasteiger partial charge in [-0.1, -0.05) is 11.2 Å². The first-order valence-corrected chi connectivity index (χ1v) is 12.9. The molecule has 2 saturated heterocycles. The van der Waals surface area contributed by atoms with Gasteiger partial charge in [0.15, 0.2) is 11.6 Å². The van der Waals surface area contributed by atoms with Crippen LogP contribution in [0.5, 0.6) is 0 Å². The van der Waals surface area contributed by atoms with Crippen molar-refractivity contribution in [3.05, 3.63) is 65.0 Å². The highest BCUT2D eigenvalue weighted by Gasteiger charge is 2.41. The zero-order chi connectivity index (χ0) is 26.6. The second-order valence-electron chi connectivity index (χ2n) is 11.0. The van der Waals surface area contributed by atoms with E-state index in [0.29, 0.717) is 23.6 Å². The number of halogens is 2. The highest BCUT2D eigenvalue weighted by Crippen LogP contribution is 2.41. The minimum atomic E-state index is -0.946. The van der Waals surface area contributed by atoms with E-state index in [4.69, 9.17) is 9.57 Å². The van der Waals surface area contributed by atoms with Crippen molar-refractivity contribution in [2.24, 2.45) is 10.6 Å². The van der Waals surface area contributed by atoms with Crippen molar-refractivity contribution < 1.29 is 23.1 Å². The third kappa shape index (κ3) is 6.83. The van der Waals surface area contributed by atoms with E-state index in [-0.39, 0.29) is 11.5 Å². The molecule has 0 aliphatic carbocycles. The lowest BCUT2D eigenvalue weighted by molar-refractivity contribution is 0.0109. The number of carbonyl (C=O) groups excluding carboxylic acids is 1. The molecular weight excluding hydrogens is 478 g/mol. The van der Waals surface area contributed by atoms with E-state index in [2.05, 4.69) is 15.0 Å². The van der Waals surface area contributed by atoms with Crippen LogP contribution in [-0.4, -0.2) is 65.0 Å². The Labute approximate surface area is 217 Å². The van der Waals surface area contributed by atoms with Crippen molar-refractivity contribution in [3.8, 4) is 0 Å². The molecule has 1 amide bonds. The Kier molecular flexibility index (Phi) is 8.11. The van der Waals surface area contributed by atoms with Gasteiger partial charge >= 0.3 is 6.09 Å². The molecule has 2 aromatic rings. The summed E-state index contributed by atoms with van der Waals surface area (Å²) < 4.78 is 32.8. The predicted octanol–water partition coefficient (Wildman–Crippen LogP) is 5.37. The molecule has 0 saturated carbocycles. The number of ether oxygens (including phenoxy) is 1. The van der Waals surface area contributed by atoms with Crippen molar-refractivity contribution in [1.82, 2.24) is 14.8 Å². The summed E-state index contributed by atoms with van der Waals surface area (Å²) in [6.45, 7) is 12.0. The smallest absolute Gasteiger partial charge is 0.410 e. The van der Waals surface area contributed by atoms with Crippen LogP contribution >= 0.6 is 0 Å². The van der Waals surface area contributed by atoms with Crippen molar-refractivity contribution in [3.63, 3.8) is 0 Å². The lowest BCUT2D eigenvalue weighted by atomic mass is 9.78. The molecule has 7 nitrogen and oxygen atoms in total. The maximum absolute atomic E-state index is 13.8. The Balaban J connectivity index is 1.36. The summed E-state index contributed by atoms with van der Waals surface area (Å²) >= 11 is 0. The Morgan fingerprint density at radius 2 is 1.81 bits per heavy atom. The number of hydrogen-bond donors (Lipinski definition) is 0. The maximum Gasteiger partial charge on any atom is 0.410 e. The fraction of sp³-hybridized carbons (Fsp3) is 0.536. The Hall–Kier alpha value is -3.07. The highest BCUT2D eigenvalue weighted by atomic mass is 19.2. The van der Waals surface area contributed by atoms with Gasteiger partial charge in [-0.05, 0) is 88.7 Å². The summed E-state index contributed by atoms with van der Waals surface area (Å²) in [6, 6.07) is 7.45. The number of oxime groups is 1. The largest absolute Gasteiger partial charge is 0.444 e. The van der Waals surface area contributed by atoms with Gasteiger partial charge in [0, 0.05) is 37.9 Å². The third-order valence-electron chi connectivity index (χ3n) is 6.94. The number of aromatic nitrogens is 1. The summed E-state index contributed by atoms with van der Waals surface area (Å²) in [5.41, 5.74) is 2.08. The first kappa shape index (κ1) is 27.0. The lowest BCUT2D eigenvalue weighted by Gasteiger charge is -2.39. The van der Waals surface area contributed by atoms with Crippen LogP contribution in [0.25, 0.3) is 0 Å². The molecule has 2 aliphatic rings. The van der Waals surface area contributed by atoms with Crippen molar-refractivity contribution in [2.45, 2.75) is 59.1 Å². The first-order valence-electron chi connectivity index (χ1n) is 12.9. The summed E-state index contributed by atoms with van der Waals surface area (Å²) in [7, 11) is 0. The van der Waals surface area contributed by atoms with E-state index >= 15 is 0 Å². The summed E-state index contributed by atoms with van der Waals surface area (Å²) in [5, 5.41) is 4.10. The molecule has 3 heterocycles. The molecule has 0 radical (unpaired) electrons. The zero-order valence-corrected chi connectivity index (χ0v) is 22.1. The number of carbonyl (C=O) groups is 1. The second-order valence-corrected chi connectivity index (χ2v) is 11.0. The van der Waals surface area contributed by atoms with E-state index in [0.717, 1.165) is 69.7 Å². The van der Waals surface area contributed by atoms with Gasteiger partial charge in [-0.3, -0.25) is 9.88 Å². The van der Waals surface area contributed by atoms with Crippen LogP contribution < -0.4 is 0 Å². The average Bonchev–Trinajstić information content (AvgIpc) is 3.23. The molecule has 1 aromatic heterocycles. The molecule has 4 rings (SSSR count). The van der Waals surface area contributed by atoms with Crippen LogP contribution in [0.3, 0.4) is 0 Å².